The molecule has 1 aliphatic rings. The van der Waals surface area contributed by atoms with Crippen molar-refractivity contribution in [2.24, 2.45) is 0 Å². The van der Waals surface area contributed by atoms with Gasteiger partial charge < -0.3 is 9.97 Å². The van der Waals surface area contributed by atoms with Gasteiger partial charge in [0.05, 0.1) is 5.56 Å². The van der Waals surface area contributed by atoms with Crippen LogP contribution in [0.5, 0.6) is 0 Å². The van der Waals surface area contributed by atoms with Crippen molar-refractivity contribution in [3.8, 4) is 6.07 Å². The minimum Gasteiger partial charge on any atom is -0.363 e. The zero-order chi connectivity index (χ0) is 24.2. The molecule has 1 amide bonds. The van der Waals surface area contributed by atoms with E-state index in [0.717, 1.165) is 49.1 Å². The number of fused-ring (bicyclic) bond motifs is 2. The Morgan fingerprint density at radius 3 is 2.91 bits per heavy atom. The van der Waals surface area contributed by atoms with Crippen LogP contribution < -0.4 is 5.48 Å². The number of aromatic amines is 2. The van der Waals surface area contributed by atoms with E-state index >= 15 is 0 Å². The number of hydrogen-bond acceptors (Lipinski definition) is 4. The van der Waals surface area contributed by atoms with E-state index in [0.29, 0.717) is 5.56 Å². The third-order valence-corrected chi connectivity index (χ3v) is 6.78. The molecule has 0 spiro atoms. The SMILES string of the molecule is N#Cc1c[nH]c(CN(CCc2c[nH]c3ccccc23)C2CCc3cc(C=CC(=O)NO)ccc32)c1. The molecule has 2 aromatic carbocycles. The minimum atomic E-state index is -0.547. The molecule has 0 bridgehead atoms. The molecule has 2 aromatic heterocycles. The van der Waals surface area contributed by atoms with Gasteiger partial charge in [-0.15, -0.1) is 0 Å². The Morgan fingerprint density at radius 1 is 1.20 bits per heavy atom. The molecule has 4 N–H and O–H groups in total. The summed E-state index contributed by atoms with van der Waals surface area (Å²) in [6, 6.07) is 19.1. The summed E-state index contributed by atoms with van der Waals surface area (Å²) in [5.74, 6) is -0.547. The molecule has 1 atom stereocenters. The Hall–Kier alpha value is -4.12. The lowest BCUT2D eigenvalue weighted by atomic mass is 10.0. The van der Waals surface area contributed by atoms with Crippen LogP contribution in [-0.2, 0) is 24.2 Å². The van der Waals surface area contributed by atoms with E-state index in [1.54, 1.807) is 17.8 Å². The zero-order valence-electron chi connectivity index (χ0n) is 19.3. The number of aryl methyl sites for hydroxylation is 1. The van der Waals surface area contributed by atoms with Crippen molar-refractivity contribution in [3.63, 3.8) is 0 Å². The highest BCUT2D eigenvalue weighted by molar-refractivity contribution is 5.90. The summed E-state index contributed by atoms with van der Waals surface area (Å²) in [5, 5.41) is 19.2. The Morgan fingerprint density at radius 2 is 2.09 bits per heavy atom. The first kappa shape index (κ1) is 22.7. The Balaban J connectivity index is 1.39. The van der Waals surface area contributed by atoms with Crippen LogP contribution in [0.3, 0.4) is 0 Å². The molecule has 4 aromatic rings. The van der Waals surface area contributed by atoms with Crippen LogP contribution in [0.15, 0.2) is 67.0 Å². The Labute approximate surface area is 203 Å². The van der Waals surface area contributed by atoms with Crippen LogP contribution >= 0.6 is 0 Å². The molecule has 0 aliphatic heterocycles. The number of carbonyl (C=O) groups is 1. The van der Waals surface area contributed by atoms with E-state index in [2.05, 4.69) is 57.5 Å². The largest absolute Gasteiger partial charge is 0.363 e. The molecule has 176 valence electrons. The average molecular weight is 466 g/mol. The smallest absolute Gasteiger partial charge is 0.267 e. The van der Waals surface area contributed by atoms with Crippen molar-refractivity contribution in [1.29, 1.82) is 5.26 Å². The van der Waals surface area contributed by atoms with Gasteiger partial charge >= 0.3 is 0 Å². The van der Waals surface area contributed by atoms with E-state index in [4.69, 9.17) is 5.21 Å². The van der Waals surface area contributed by atoms with Crippen molar-refractivity contribution in [2.45, 2.75) is 31.8 Å². The van der Waals surface area contributed by atoms with E-state index in [1.165, 1.54) is 28.2 Å². The highest BCUT2D eigenvalue weighted by Gasteiger charge is 2.28. The summed E-state index contributed by atoms with van der Waals surface area (Å²) in [7, 11) is 0. The van der Waals surface area contributed by atoms with Gasteiger partial charge in [0.1, 0.15) is 6.07 Å². The number of hydroxylamine groups is 1. The number of hydrogen-bond donors (Lipinski definition) is 4. The van der Waals surface area contributed by atoms with Gasteiger partial charge in [0.2, 0.25) is 0 Å². The third-order valence-electron chi connectivity index (χ3n) is 6.78. The molecule has 0 saturated heterocycles. The Kier molecular flexibility index (Phi) is 6.49. The lowest BCUT2D eigenvalue weighted by molar-refractivity contribution is -0.124. The Bertz CT molecular complexity index is 1420. The molecule has 5 rings (SSSR count). The van der Waals surface area contributed by atoms with Gasteiger partial charge in [-0.05, 0) is 59.7 Å². The molecular weight excluding hydrogens is 438 g/mol. The molecule has 35 heavy (non-hydrogen) atoms. The van der Waals surface area contributed by atoms with Crippen molar-refractivity contribution in [1.82, 2.24) is 20.3 Å². The number of benzene rings is 2. The fourth-order valence-corrected chi connectivity index (χ4v) is 5.07. The normalized spacial score (nSPS) is 15.1. The first-order chi connectivity index (χ1) is 17.1. The van der Waals surface area contributed by atoms with Crippen molar-refractivity contribution < 1.29 is 10.0 Å². The van der Waals surface area contributed by atoms with Crippen LogP contribution in [-0.4, -0.2) is 32.5 Å². The second-order valence-electron chi connectivity index (χ2n) is 8.93. The number of para-hydroxylation sites is 1. The highest BCUT2D eigenvalue weighted by Crippen LogP contribution is 2.37. The van der Waals surface area contributed by atoms with Crippen LogP contribution in [0.1, 0.15) is 46.0 Å². The maximum absolute atomic E-state index is 11.3. The number of nitriles is 1. The number of amides is 1. The molecular formula is C28H27N5O2. The standard InChI is InChI=1S/C28H27N5O2/c29-15-20-14-23(30-16-20)18-33(12-11-22-17-31-26-4-2-1-3-24(22)26)27-9-7-21-13-19(5-8-25(21)27)6-10-28(34)32-35/h1-6,8,10,13-14,16-17,27,30-31,35H,7,9,11-12,18H2,(H,32,34). The lowest BCUT2D eigenvalue weighted by Gasteiger charge is -2.29. The van der Waals surface area contributed by atoms with Gasteiger partial charge in [-0.1, -0.05) is 36.4 Å². The molecule has 2 heterocycles. The van der Waals surface area contributed by atoms with Crippen LogP contribution in [0.4, 0.5) is 0 Å². The second kappa shape index (κ2) is 10.0. The molecule has 7 nitrogen and oxygen atoms in total. The first-order valence-corrected chi connectivity index (χ1v) is 11.8. The molecule has 1 aliphatic carbocycles. The van der Waals surface area contributed by atoms with Crippen molar-refractivity contribution in [2.75, 3.05) is 6.54 Å². The summed E-state index contributed by atoms with van der Waals surface area (Å²) < 4.78 is 0. The summed E-state index contributed by atoms with van der Waals surface area (Å²) in [5.41, 5.74) is 9.26. The zero-order valence-corrected chi connectivity index (χ0v) is 19.3. The van der Waals surface area contributed by atoms with Crippen LogP contribution in [0.2, 0.25) is 0 Å². The predicted octanol–water partition coefficient (Wildman–Crippen LogP) is 4.62. The second-order valence-corrected chi connectivity index (χ2v) is 8.93. The first-order valence-electron chi connectivity index (χ1n) is 11.8. The van der Waals surface area contributed by atoms with Gasteiger partial charge in [0, 0.05) is 54.2 Å². The summed E-state index contributed by atoms with van der Waals surface area (Å²) in [6.45, 7) is 1.61. The van der Waals surface area contributed by atoms with Gasteiger partial charge in [-0.3, -0.25) is 14.9 Å². The fourth-order valence-electron chi connectivity index (χ4n) is 5.07. The van der Waals surface area contributed by atoms with Crippen molar-refractivity contribution >= 4 is 22.9 Å². The number of carbonyl (C=O) groups excluding carboxylic acids is 1. The van der Waals surface area contributed by atoms with E-state index in [-0.39, 0.29) is 6.04 Å². The average Bonchev–Trinajstić information content (AvgIpc) is 3.63. The van der Waals surface area contributed by atoms with Gasteiger partial charge in [-0.2, -0.15) is 5.26 Å². The van der Waals surface area contributed by atoms with Crippen molar-refractivity contribution in [3.05, 3.63) is 101 Å². The molecule has 7 heteroatoms. The summed E-state index contributed by atoms with van der Waals surface area (Å²) in [6.07, 6.45) is 9.78. The van der Waals surface area contributed by atoms with Crippen LogP contribution in [0.25, 0.3) is 17.0 Å². The topological polar surface area (TPSA) is 108 Å². The van der Waals surface area contributed by atoms with E-state index < -0.39 is 5.91 Å². The quantitative estimate of drug-likeness (QED) is 0.173. The third kappa shape index (κ3) is 4.90. The maximum Gasteiger partial charge on any atom is 0.267 e. The van der Waals surface area contributed by atoms with E-state index in [1.807, 2.05) is 18.2 Å². The number of rotatable bonds is 8. The number of H-pyrrole nitrogens is 2. The summed E-state index contributed by atoms with van der Waals surface area (Å²) in [4.78, 5) is 20.5. The molecule has 1 unspecified atom stereocenters. The predicted molar refractivity (Wildman–Crippen MR) is 134 cm³/mol. The van der Waals surface area contributed by atoms with Gasteiger partial charge in [-0.25, -0.2) is 5.48 Å². The molecule has 0 fully saturated rings. The van der Waals surface area contributed by atoms with Gasteiger partial charge in [0.15, 0.2) is 0 Å². The van der Waals surface area contributed by atoms with Crippen LogP contribution in [0, 0.1) is 11.3 Å². The number of nitrogens with zero attached hydrogens (tertiary/aromatic N) is 2. The minimum absolute atomic E-state index is 0.266. The van der Waals surface area contributed by atoms with Gasteiger partial charge in [0.25, 0.3) is 5.91 Å². The summed E-state index contributed by atoms with van der Waals surface area (Å²) >= 11 is 0. The molecule has 0 saturated carbocycles. The maximum atomic E-state index is 11.3. The molecule has 0 radical (unpaired) electrons. The monoisotopic (exact) mass is 465 g/mol. The number of nitrogens with one attached hydrogen (secondary N) is 3. The lowest BCUT2D eigenvalue weighted by Crippen LogP contribution is -2.29. The fraction of sp³-hybridized carbons (Fsp3) is 0.214. The highest BCUT2D eigenvalue weighted by atomic mass is 16.5. The van der Waals surface area contributed by atoms with E-state index in [9.17, 15) is 10.1 Å². The number of aromatic nitrogens is 2.